The third-order valence-corrected chi connectivity index (χ3v) is 3.60. The van der Waals surface area contributed by atoms with Crippen LogP contribution in [-0.2, 0) is 16.0 Å². The van der Waals surface area contributed by atoms with E-state index in [0.717, 1.165) is 12.0 Å². The molecule has 0 radical (unpaired) electrons. The number of anilines is 2. The summed E-state index contributed by atoms with van der Waals surface area (Å²) in [6, 6.07) is 11.2. The average Bonchev–Trinajstić information content (AvgIpc) is 2.60. The van der Waals surface area contributed by atoms with Gasteiger partial charge in [-0.3, -0.25) is 19.7 Å². The first-order valence-corrected chi connectivity index (χ1v) is 8.03. The van der Waals surface area contributed by atoms with E-state index < -0.39 is 4.92 Å². The van der Waals surface area contributed by atoms with E-state index in [1.54, 1.807) is 30.3 Å². The van der Waals surface area contributed by atoms with Gasteiger partial charge in [0.25, 0.3) is 5.69 Å². The molecule has 2 aromatic rings. The van der Waals surface area contributed by atoms with Crippen molar-refractivity contribution in [2.24, 2.45) is 0 Å². The van der Waals surface area contributed by atoms with E-state index in [-0.39, 0.29) is 17.5 Å². The summed E-state index contributed by atoms with van der Waals surface area (Å²) in [5, 5.41) is 16.1. The van der Waals surface area contributed by atoms with Gasteiger partial charge in [0, 0.05) is 36.5 Å². The number of nitro groups is 1. The van der Waals surface area contributed by atoms with E-state index in [2.05, 4.69) is 10.6 Å². The van der Waals surface area contributed by atoms with Crippen molar-refractivity contribution in [3.8, 4) is 0 Å². The zero-order chi connectivity index (χ0) is 19.1. The minimum atomic E-state index is -0.478. The number of carbonyl (C=O) groups is 2. The molecule has 7 nitrogen and oxygen atoms in total. The molecular formula is C19H19N3O4. The maximum Gasteiger partial charge on any atom is 0.269 e. The van der Waals surface area contributed by atoms with Crippen molar-refractivity contribution in [2.45, 2.75) is 20.3 Å². The highest BCUT2D eigenvalue weighted by Crippen LogP contribution is 2.22. The van der Waals surface area contributed by atoms with Crippen molar-refractivity contribution < 1.29 is 14.5 Å². The number of rotatable bonds is 6. The number of hydrogen-bond donors (Lipinski definition) is 2. The summed E-state index contributed by atoms with van der Waals surface area (Å²) in [6.45, 7) is 3.38. The van der Waals surface area contributed by atoms with E-state index in [4.69, 9.17) is 0 Å². The molecule has 0 aromatic heterocycles. The highest BCUT2D eigenvalue weighted by molar-refractivity contribution is 6.03. The summed E-state index contributed by atoms with van der Waals surface area (Å²) in [6.07, 6.45) is 3.65. The molecule has 7 heteroatoms. The Balaban J connectivity index is 2.10. The van der Waals surface area contributed by atoms with Crippen LogP contribution in [0.3, 0.4) is 0 Å². The number of nitrogens with one attached hydrogen (secondary N) is 2. The Hall–Kier alpha value is -3.48. The second-order valence-electron chi connectivity index (χ2n) is 5.58. The molecule has 0 aliphatic rings. The quantitative estimate of drug-likeness (QED) is 0.469. The van der Waals surface area contributed by atoms with Crippen molar-refractivity contribution >= 4 is 35.0 Å². The molecule has 0 aliphatic heterocycles. The fourth-order valence-electron chi connectivity index (χ4n) is 2.34. The second kappa shape index (κ2) is 8.57. The van der Waals surface area contributed by atoms with Crippen LogP contribution in [0, 0.1) is 10.1 Å². The number of non-ortho nitro benzene ring substituents is 1. The van der Waals surface area contributed by atoms with Crippen LogP contribution in [-0.4, -0.2) is 16.7 Å². The van der Waals surface area contributed by atoms with Crippen molar-refractivity contribution in [3.05, 3.63) is 69.8 Å². The Bertz CT molecular complexity index is 858. The van der Waals surface area contributed by atoms with Gasteiger partial charge in [0.05, 0.1) is 4.92 Å². The van der Waals surface area contributed by atoms with Crippen LogP contribution in [0.5, 0.6) is 0 Å². The van der Waals surface area contributed by atoms with Crippen molar-refractivity contribution in [1.82, 2.24) is 0 Å². The Kier molecular flexibility index (Phi) is 6.21. The first-order valence-electron chi connectivity index (χ1n) is 8.03. The number of aryl methyl sites for hydroxylation is 1. The molecule has 2 N–H and O–H groups in total. The van der Waals surface area contributed by atoms with Gasteiger partial charge in [-0.25, -0.2) is 0 Å². The van der Waals surface area contributed by atoms with Crippen LogP contribution >= 0.6 is 0 Å². The zero-order valence-electron chi connectivity index (χ0n) is 14.5. The number of benzene rings is 2. The molecule has 0 atom stereocenters. The number of nitrogens with zero attached hydrogens (tertiary/aromatic N) is 1. The molecule has 2 rings (SSSR count). The maximum atomic E-state index is 12.2. The monoisotopic (exact) mass is 353 g/mol. The van der Waals surface area contributed by atoms with E-state index in [1.807, 2.05) is 13.0 Å². The molecule has 0 unspecified atom stereocenters. The smallest absolute Gasteiger partial charge is 0.269 e. The fraction of sp³-hybridized carbons (Fsp3) is 0.158. The summed E-state index contributed by atoms with van der Waals surface area (Å²) in [4.78, 5) is 33.5. The predicted molar refractivity (Wildman–Crippen MR) is 101 cm³/mol. The van der Waals surface area contributed by atoms with Crippen LogP contribution in [0.1, 0.15) is 25.0 Å². The van der Waals surface area contributed by atoms with Gasteiger partial charge in [0.15, 0.2) is 0 Å². The van der Waals surface area contributed by atoms with Crippen molar-refractivity contribution in [1.29, 1.82) is 0 Å². The Morgan fingerprint density at radius 1 is 1.12 bits per heavy atom. The Labute approximate surface area is 150 Å². The van der Waals surface area contributed by atoms with Gasteiger partial charge < -0.3 is 10.6 Å². The van der Waals surface area contributed by atoms with Gasteiger partial charge in [0.2, 0.25) is 11.8 Å². The molecule has 134 valence electrons. The zero-order valence-corrected chi connectivity index (χ0v) is 14.5. The Morgan fingerprint density at radius 2 is 1.81 bits per heavy atom. The number of amides is 2. The summed E-state index contributed by atoms with van der Waals surface area (Å²) in [5.74, 6) is -0.525. The van der Waals surface area contributed by atoms with Gasteiger partial charge >= 0.3 is 0 Å². The highest BCUT2D eigenvalue weighted by atomic mass is 16.6. The number of carbonyl (C=O) groups excluding carboxylic acids is 2. The fourth-order valence-corrected chi connectivity index (χ4v) is 2.34. The highest BCUT2D eigenvalue weighted by Gasteiger charge is 2.07. The van der Waals surface area contributed by atoms with E-state index in [0.29, 0.717) is 16.9 Å². The van der Waals surface area contributed by atoms with Gasteiger partial charge in [-0.1, -0.05) is 13.0 Å². The van der Waals surface area contributed by atoms with Crippen molar-refractivity contribution in [2.75, 3.05) is 10.6 Å². The van der Waals surface area contributed by atoms with E-state index in [1.165, 1.54) is 25.1 Å². The normalized spacial score (nSPS) is 10.5. The largest absolute Gasteiger partial charge is 0.326 e. The molecule has 0 saturated carbocycles. The van der Waals surface area contributed by atoms with Crippen LogP contribution in [0.4, 0.5) is 17.1 Å². The van der Waals surface area contributed by atoms with Crippen LogP contribution < -0.4 is 10.6 Å². The SMILES string of the molecule is CCc1ccc(NC(C)=O)cc1NC(=O)/C=C/c1ccc([N+](=O)[O-])cc1. The standard InChI is InChI=1S/C19H19N3O4/c1-3-15-7-8-16(20-13(2)23)12-18(15)21-19(24)11-6-14-4-9-17(10-5-14)22(25)26/h4-12H,3H2,1-2H3,(H,20,23)(H,21,24)/b11-6+. The van der Waals surface area contributed by atoms with E-state index in [9.17, 15) is 19.7 Å². The lowest BCUT2D eigenvalue weighted by Crippen LogP contribution is -2.11. The molecular weight excluding hydrogens is 334 g/mol. The van der Waals surface area contributed by atoms with Crippen LogP contribution in [0.2, 0.25) is 0 Å². The topological polar surface area (TPSA) is 101 Å². The molecule has 0 spiro atoms. The minimum absolute atomic E-state index is 0.00558. The molecule has 26 heavy (non-hydrogen) atoms. The molecule has 0 heterocycles. The van der Waals surface area contributed by atoms with Gasteiger partial charge in [0.1, 0.15) is 0 Å². The molecule has 2 aromatic carbocycles. The van der Waals surface area contributed by atoms with Crippen LogP contribution in [0.15, 0.2) is 48.5 Å². The molecule has 0 saturated heterocycles. The van der Waals surface area contributed by atoms with Crippen LogP contribution in [0.25, 0.3) is 6.08 Å². The first-order chi connectivity index (χ1) is 12.4. The lowest BCUT2D eigenvalue weighted by atomic mass is 10.1. The molecule has 0 bridgehead atoms. The molecule has 2 amide bonds. The summed E-state index contributed by atoms with van der Waals surface area (Å²) < 4.78 is 0. The first kappa shape index (κ1) is 18.9. The molecule has 0 aliphatic carbocycles. The predicted octanol–water partition coefficient (Wildman–Crippen LogP) is 3.77. The number of hydrogen-bond acceptors (Lipinski definition) is 4. The second-order valence-corrected chi connectivity index (χ2v) is 5.58. The third kappa shape index (κ3) is 5.27. The molecule has 0 fully saturated rings. The van der Waals surface area contributed by atoms with Crippen molar-refractivity contribution in [3.63, 3.8) is 0 Å². The van der Waals surface area contributed by atoms with Gasteiger partial charge in [-0.05, 0) is 47.9 Å². The maximum absolute atomic E-state index is 12.2. The number of nitro benzene ring substituents is 1. The average molecular weight is 353 g/mol. The summed E-state index contributed by atoms with van der Waals surface area (Å²) in [7, 11) is 0. The van der Waals surface area contributed by atoms with Gasteiger partial charge in [-0.15, -0.1) is 0 Å². The lowest BCUT2D eigenvalue weighted by molar-refractivity contribution is -0.384. The minimum Gasteiger partial charge on any atom is -0.326 e. The summed E-state index contributed by atoms with van der Waals surface area (Å²) in [5.41, 5.74) is 2.83. The lowest BCUT2D eigenvalue weighted by Gasteiger charge is -2.11. The van der Waals surface area contributed by atoms with Gasteiger partial charge in [-0.2, -0.15) is 0 Å². The van der Waals surface area contributed by atoms with E-state index >= 15 is 0 Å². The Morgan fingerprint density at radius 3 is 2.38 bits per heavy atom. The third-order valence-electron chi connectivity index (χ3n) is 3.60. The summed E-state index contributed by atoms with van der Waals surface area (Å²) >= 11 is 0.